The lowest BCUT2D eigenvalue weighted by molar-refractivity contribution is 0.0138. The zero-order valence-electron chi connectivity index (χ0n) is 26.2. The van der Waals surface area contributed by atoms with Crippen molar-refractivity contribution in [3.05, 3.63) is 83.7 Å². The maximum atomic E-state index is 13.2. The average molecular weight is 603 g/mol. The number of carbonyl (C=O) groups is 2. The average Bonchev–Trinajstić information content (AvgIpc) is 3.68. The number of hydrogen-bond donors (Lipinski definition) is 1. The highest BCUT2D eigenvalue weighted by Crippen LogP contribution is 2.24. The zero-order chi connectivity index (χ0) is 30.9. The van der Waals surface area contributed by atoms with Crippen molar-refractivity contribution in [2.24, 2.45) is 0 Å². The molecule has 0 radical (unpaired) electrons. The van der Waals surface area contributed by atoms with Crippen LogP contribution in [0.1, 0.15) is 69.3 Å². The molecule has 0 unspecified atom stereocenters. The summed E-state index contributed by atoms with van der Waals surface area (Å²) in [5, 5.41) is 12.4. The Morgan fingerprint density at radius 2 is 1.52 bits per heavy atom. The molecule has 2 heterocycles. The Balaban J connectivity index is 1.31. The molecule has 0 bridgehead atoms. The van der Waals surface area contributed by atoms with Gasteiger partial charge in [-0.05, 0) is 70.4 Å². The van der Waals surface area contributed by atoms with E-state index in [1.165, 1.54) is 0 Å². The number of piperazine rings is 1. The molecular weight excluding hydrogens is 556 g/mol. The van der Waals surface area contributed by atoms with Crippen molar-refractivity contribution in [1.29, 1.82) is 0 Å². The summed E-state index contributed by atoms with van der Waals surface area (Å²) in [7, 11) is 0. The van der Waals surface area contributed by atoms with Gasteiger partial charge in [0.15, 0.2) is 0 Å². The Hall–Kier alpha value is -3.92. The topological polar surface area (TPSA) is 102 Å². The van der Waals surface area contributed by atoms with Gasteiger partial charge in [0, 0.05) is 32.7 Å². The first kappa shape index (κ1) is 31.5. The van der Waals surface area contributed by atoms with Gasteiger partial charge in [-0.1, -0.05) is 65.9 Å². The van der Waals surface area contributed by atoms with Crippen molar-refractivity contribution in [3.63, 3.8) is 0 Å². The Morgan fingerprint density at radius 1 is 0.909 bits per heavy atom. The predicted octanol–water partition coefficient (Wildman–Crippen LogP) is 5.39. The van der Waals surface area contributed by atoms with Gasteiger partial charge in [-0.25, -0.2) is 14.3 Å². The van der Waals surface area contributed by atoms with Gasteiger partial charge in [-0.3, -0.25) is 4.90 Å². The molecule has 2 aliphatic rings. The number of aromatic nitrogens is 3. The smallest absolute Gasteiger partial charge is 0.410 e. The fraction of sp³-hybridized carbons (Fsp3) is 0.529. The fourth-order valence-corrected chi connectivity index (χ4v) is 5.96. The van der Waals surface area contributed by atoms with Crippen LogP contribution in [0.3, 0.4) is 0 Å². The number of ether oxygens (including phenoxy) is 2. The minimum absolute atomic E-state index is 0.0197. The van der Waals surface area contributed by atoms with Crippen molar-refractivity contribution < 1.29 is 19.1 Å². The van der Waals surface area contributed by atoms with E-state index in [1.807, 2.05) is 68.0 Å². The van der Waals surface area contributed by atoms with Gasteiger partial charge >= 0.3 is 12.2 Å². The van der Waals surface area contributed by atoms with Crippen LogP contribution >= 0.6 is 0 Å². The van der Waals surface area contributed by atoms with Crippen molar-refractivity contribution in [2.75, 3.05) is 26.2 Å². The van der Waals surface area contributed by atoms with Gasteiger partial charge in [0.1, 0.15) is 11.7 Å². The molecule has 5 rings (SSSR count). The number of benzene rings is 2. The van der Waals surface area contributed by atoms with Crippen molar-refractivity contribution in [1.82, 2.24) is 30.1 Å². The molecule has 1 saturated heterocycles. The fourth-order valence-electron chi connectivity index (χ4n) is 5.96. The van der Waals surface area contributed by atoms with Crippen LogP contribution in [-0.4, -0.2) is 80.9 Å². The third-order valence-electron chi connectivity index (χ3n) is 8.24. The summed E-state index contributed by atoms with van der Waals surface area (Å²) < 4.78 is 13.3. The summed E-state index contributed by atoms with van der Waals surface area (Å²) in [5.41, 5.74) is 2.61. The number of nitrogens with one attached hydrogen (secondary N) is 1. The largest absolute Gasteiger partial charge is 0.446 e. The molecule has 44 heavy (non-hydrogen) atoms. The summed E-state index contributed by atoms with van der Waals surface area (Å²) in [5.74, 6) is 0. The molecule has 0 spiro atoms. The van der Waals surface area contributed by atoms with Crippen molar-refractivity contribution in [3.8, 4) is 0 Å². The zero-order valence-corrected chi connectivity index (χ0v) is 26.2. The Bertz CT molecular complexity index is 1330. The first-order valence-corrected chi connectivity index (χ1v) is 15.9. The molecule has 2 amide bonds. The lowest BCUT2D eigenvalue weighted by Crippen LogP contribution is -2.49. The number of hydrogen-bond acceptors (Lipinski definition) is 7. The molecule has 10 nitrogen and oxygen atoms in total. The molecule has 1 aliphatic carbocycles. The van der Waals surface area contributed by atoms with Gasteiger partial charge < -0.3 is 19.7 Å². The third-order valence-corrected chi connectivity index (χ3v) is 8.24. The Labute approximate surface area is 260 Å². The van der Waals surface area contributed by atoms with E-state index in [-0.39, 0.29) is 30.4 Å². The molecule has 1 saturated carbocycles. The minimum Gasteiger partial charge on any atom is -0.446 e. The first-order chi connectivity index (χ1) is 21.2. The van der Waals surface area contributed by atoms with Gasteiger partial charge in [0.25, 0.3) is 0 Å². The van der Waals surface area contributed by atoms with Gasteiger partial charge in [-0.2, -0.15) is 0 Å². The van der Waals surface area contributed by atoms with Gasteiger partial charge in [0.2, 0.25) is 0 Å². The van der Waals surface area contributed by atoms with Crippen molar-refractivity contribution >= 4 is 12.2 Å². The van der Waals surface area contributed by atoms with E-state index in [4.69, 9.17) is 9.47 Å². The molecule has 1 N–H and O–H groups in total. The van der Waals surface area contributed by atoms with Crippen LogP contribution in [0.2, 0.25) is 0 Å². The third kappa shape index (κ3) is 9.29. The lowest BCUT2D eigenvalue weighted by atomic mass is 9.94. The summed E-state index contributed by atoms with van der Waals surface area (Å²) in [6.07, 6.45) is 6.66. The Kier molecular flexibility index (Phi) is 10.5. The van der Waals surface area contributed by atoms with Gasteiger partial charge in [0.05, 0.1) is 24.0 Å². The molecule has 236 valence electrons. The molecule has 3 aromatic rings. The van der Waals surface area contributed by atoms with E-state index in [2.05, 4.69) is 44.8 Å². The molecule has 1 aromatic heterocycles. The van der Waals surface area contributed by atoms with Crippen LogP contribution in [0.25, 0.3) is 0 Å². The van der Waals surface area contributed by atoms with Crippen LogP contribution in [-0.2, 0) is 28.9 Å². The maximum Gasteiger partial charge on any atom is 0.410 e. The molecule has 10 heteroatoms. The normalized spacial score (nSPS) is 17.7. The number of carbonyl (C=O) groups excluding carboxylic acids is 2. The van der Waals surface area contributed by atoms with Crippen LogP contribution in [0.15, 0.2) is 66.9 Å². The standard InChI is InChI=1S/C34H46N6O4/c1-34(2,3)44-33(42)39-20-18-38(19-21-39)24-28-25-40(37-36-28)31(23-27-14-8-5-9-15-27)30(22-26-12-6-4-7-13-26)35-32(41)43-29-16-10-11-17-29/h4-9,12-15,25,29-31H,10-11,16-24H2,1-3H3,(H,35,41)/t30-,31-/m0/s1. The van der Waals surface area contributed by atoms with Crippen molar-refractivity contribution in [2.45, 2.75) is 89.6 Å². The highest BCUT2D eigenvalue weighted by Gasteiger charge is 2.30. The number of rotatable bonds is 10. The molecular formula is C34H46N6O4. The SMILES string of the molecule is CC(C)(C)OC(=O)N1CCN(Cc2cn([C@@H](Cc3ccccc3)[C@H](Cc3ccccc3)NC(=O)OC3CCCC3)nn2)CC1. The van der Waals surface area contributed by atoms with E-state index in [9.17, 15) is 9.59 Å². The Morgan fingerprint density at radius 3 is 2.14 bits per heavy atom. The molecule has 2 atom stereocenters. The number of nitrogens with zero attached hydrogens (tertiary/aromatic N) is 5. The second-order valence-electron chi connectivity index (χ2n) is 12.9. The monoisotopic (exact) mass is 602 g/mol. The predicted molar refractivity (Wildman–Crippen MR) is 168 cm³/mol. The highest BCUT2D eigenvalue weighted by atomic mass is 16.6. The van der Waals surface area contributed by atoms with Crippen LogP contribution in [0.5, 0.6) is 0 Å². The molecule has 1 aliphatic heterocycles. The summed E-state index contributed by atoms with van der Waals surface area (Å²) in [4.78, 5) is 29.7. The number of amides is 2. The van der Waals surface area contributed by atoms with E-state index in [1.54, 1.807) is 4.90 Å². The van der Waals surface area contributed by atoms with E-state index in [0.717, 1.165) is 55.6 Å². The number of alkyl carbamates (subject to hydrolysis) is 1. The maximum absolute atomic E-state index is 13.2. The van der Waals surface area contributed by atoms with Crippen LogP contribution in [0, 0.1) is 0 Å². The van der Waals surface area contributed by atoms with Gasteiger partial charge in [-0.15, -0.1) is 5.10 Å². The van der Waals surface area contributed by atoms with Crippen LogP contribution < -0.4 is 5.32 Å². The van der Waals surface area contributed by atoms with E-state index in [0.29, 0.717) is 32.5 Å². The summed E-state index contributed by atoms with van der Waals surface area (Å²) in [6.45, 7) is 8.93. The second kappa shape index (κ2) is 14.7. The van der Waals surface area contributed by atoms with Crippen LogP contribution in [0.4, 0.5) is 9.59 Å². The first-order valence-electron chi connectivity index (χ1n) is 15.9. The van der Waals surface area contributed by atoms with E-state index >= 15 is 0 Å². The summed E-state index contributed by atoms with van der Waals surface area (Å²) >= 11 is 0. The lowest BCUT2D eigenvalue weighted by Gasteiger charge is -2.35. The summed E-state index contributed by atoms with van der Waals surface area (Å²) in [6, 6.07) is 20.0. The second-order valence-corrected chi connectivity index (χ2v) is 12.9. The molecule has 2 aromatic carbocycles. The minimum atomic E-state index is -0.510. The quantitative estimate of drug-likeness (QED) is 0.332. The molecule has 2 fully saturated rings. The highest BCUT2D eigenvalue weighted by molar-refractivity contribution is 5.68. The van der Waals surface area contributed by atoms with E-state index < -0.39 is 5.60 Å².